The molecule has 2 aromatic heterocycles. The van der Waals surface area contributed by atoms with Gasteiger partial charge >= 0.3 is 0 Å². The van der Waals surface area contributed by atoms with E-state index in [0.29, 0.717) is 0 Å². The first-order chi connectivity index (χ1) is 38.6. The molecule has 13 heteroatoms. The highest BCUT2D eigenvalue weighted by Gasteiger charge is 2.31. The molecule has 0 aliphatic heterocycles. The Kier molecular flexibility index (Phi) is 21.9. The second-order valence-corrected chi connectivity index (χ2v) is 35.7. The van der Waals surface area contributed by atoms with Crippen molar-refractivity contribution < 1.29 is 30.0 Å². The van der Waals surface area contributed by atoms with E-state index in [2.05, 4.69) is 97.5 Å². The van der Waals surface area contributed by atoms with Crippen LogP contribution in [0.15, 0.2) is 126 Å². The van der Waals surface area contributed by atoms with Crippen LogP contribution in [0.5, 0.6) is 0 Å². The Labute approximate surface area is 506 Å². The lowest BCUT2D eigenvalue weighted by molar-refractivity contribution is 0.0942. The zero-order valence-corrected chi connectivity index (χ0v) is 56.0. The van der Waals surface area contributed by atoms with Gasteiger partial charge < -0.3 is 5.32 Å². The Hall–Kier alpha value is -5.44. The van der Waals surface area contributed by atoms with Crippen LogP contribution in [0.25, 0.3) is 20.2 Å². The molecule has 6 aromatic carbocycles. The van der Waals surface area contributed by atoms with Crippen LogP contribution in [0, 0.1) is 34.6 Å². The van der Waals surface area contributed by atoms with Gasteiger partial charge in [0.05, 0.1) is 31.5 Å². The van der Waals surface area contributed by atoms with Crippen molar-refractivity contribution in [1.82, 2.24) is 5.32 Å². The summed E-state index contributed by atoms with van der Waals surface area (Å²) >= 11 is 3.62. The largest absolute Gasteiger partial charge is 0.350 e. The summed E-state index contributed by atoms with van der Waals surface area (Å²) in [6.07, 6.45) is 5.59. The average molecular weight is 1220 g/mol. The zero-order valence-electron chi connectivity index (χ0n) is 52.0. The fourth-order valence-electron chi connectivity index (χ4n) is 9.57. The highest BCUT2D eigenvalue weighted by Crippen LogP contribution is 2.32. The number of hydrogen-bond acceptors (Lipinski definition) is 9. The normalized spacial score (nSPS) is 12.5. The summed E-state index contributed by atoms with van der Waals surface area (Å²) in [6, 6.07) is 39.2. The third-order valence-corrected chi connectivity index (χ3v) is 25.4. The van der Waals surface area contributed by atoms with E-state index in [1.165, 1.54) is 64.7 Å². The second kappa shape index (κ2) is 27.3. The summed E-state index contributed by atoms with van der Waals surface area (Å²) < 4.78 is 74.8. The smallest absolute Gasteiger partial charge is 0.251 e. The lowest BCUT2D eigenvalue weighted by Gasteiger charge is -2.19. The molecule has 1 N–H and O–H groups in total. The molecule has 0 fully saturated rings. The number of carbonyl (C=O) groups is 1. The summed E-state index contributed by atoms with van der Waals surface area (Å²) in [6.45, 7) is 30.3. The van der Waals surface area contributed by atoms with Gasteiger partial charge in [0.15, 0.2) is 29.5 Å². The van der Waals surface area contributed by atoms with Crippen molar-refractivity contribution in [3.05, 3.63) is 209 Å². The predicted molar refractivity (Wildman–Crippen MR) is 355 cm³/mol. The minimum absolute atomic E-state index is 0.0307. The van der Waals surface area contributed by atoms with Crippen LogP contribution in [0.4, 0.5) is 0 Å². The predicted octanol–water partition coefficient (Wildman–Crippen LogP) is 16.7. The van der Waals surface area contributed by atoms with Gasteiger partial charge in [0.25, 0.3) is 5.91 Å². The van der Waals surface area contributed by atoms with E-state index in [-0.39, 0.29) is 29.2 Å². The number of fused-ring (bicyclic) bond motifs is 2. The van der Waals surface area contributed by atoms with Gasteiger partial charge in [0.1, 0.15) is 0 Å². The molecule has 0 radical (unpaired) electrons. The lowest BCUT2D eigenvalue weighted by atomic mass is 9.94. The van der Waals surface area contributed by atoms with E-state index >= 15 is 0 Å². The summed E-state index contributed by atoms with van der Waals surface area (Å²) in [4.78, 5) is 12.5. The molecule has 83 heavy (non-hydrogen) atoms. The van der Waals surface area contributed by atoms with Crippen molar-refractivity contribution in [1.29, 1.82) is 0 Å². The van der Waals surface area contributed by atoms with Crippen LogP contribution < -0.4 is 5.32 Å². The summed E-state index contributed by atoms with van der Waals surface area (Å²) in [7, 11) is -9.47. The molecule has 0 atom stereocenters. The molecule has 0 unspecified atom stereocenters. The number of nitrogens with one attached hydrogen (secondary N) is 1. The fraction of sp³-hybridized carbons (Fsp3) is 0.414. The van der Waals surface area contributed by atoms with Crippen LogP contribution in [0.3, 0.4) is 0 Å². The van der Waals surface area contributed by atoms with Gasteiger partial charge in [-0.05, 0) is 261 Å². The van der Waals surface area contributed by atoms with Crippen molar-refractivity contribution in [2.75, 3.05) is 0 Å². The van der Waals surface area contributed by atoms with E-state index < -0.39 is 43.8 Å². The van der Waals surface area contributed by atoms with Gasteiger partial charge in [-0.3, -0.25) is 4.79 Å². The SMILES string of the molecule is Cc1c(CCc2ccc(CS(=O)(=O)C(C)(C)C)cc2)ccc2ccsc12.Cc1cc(CCc2ccc(CS(=O)(=O)C(C)(C)C)cc2)c(C)c(C(=O)NC(C)C)c1.Cc1cc(CCc2ccc(CS(=O)(=O)C(C)(C)C)cc2)c(C)c2sccc12. The van der Waals surface area contributed by atoms with E-state index in [9.17, 15) is 30.0 Å². The molecule has 0 saturated carbocycles. The molecule has 446 valence electrons. The third kappa shape index (κ3) is 17.8. The number of sulfone groups is 3. The van der Waals surface area contributed by atoms with Gasteiger partial charge in [-0.15, -0.1) is 22.7 Å². The average Bonchev–Trinajstić information content (AvgIpc) is 4.37. The number of hydrogen-bond donors (Lipinski definition) is 1. The molecule has 0 bridgehead atoms. The minimum atomic E-state index is -3.19. The molecule has 2 heterocycles. The minimum Gasteiger partial charge on any atom is -0.350 e. The molecule has 0 aliphatic carbocycles. The second-order valence-electron chi connectivity index (χ2n) is 25.6. The maximum atomic E-state index is 12.5. The van der Waals surface area contributed by atoms with Crippen molar-refractivity contribution in [3.8, 4) is 0 Å². The summed E-state index contributed by atoms with van der Waals surface area (Å²) in [5.41, 5.74) is 17.1. The Balaban J connectivity index is 0.000000200. The number of thiophene rings is 2. The number of aryl methyl sites for hydroxylation is 10. The van der Waals surface area contributed by atoms with E-state index in [0.717, 1.165) is 77.5 Å². The van der Waals surface area contributed by atoms with Crippen LogP contribution in [-0.4, -0.2) is 51.4 Å². The molecule has 8 aromatic rings. The topological polar surface area (TPSA) is 132 Å². The van der Waals surface area contributed by atoms with Crippen molar-refractivity contribution in [2.24, 2.45) is 0 Å². The first kappa shape index (κ1) is 66.7. The van der Waals surface area contributed by atoms with Crippen molar-refractivity contribution in [2.45, 2.75) is 187 Å². The van der Waals surface area contributed by atoms with Crippen molar-refractivity contribution in [3.63, 3.8) is 0 Å². The molecule has 0 aliphatic rings. The van der Waals surface area contributed by atoms with E-state index in [4.69, 9.17) is 0 Å². The lowest BCUT2D eigenvalue weighted by Crippen LogP contribution is -2.30. The van der Waals surface area contributed by atoms with E-state index in [1.807, 2.05) is 93.6 Å². The summed E-state index contributed by atoms with van der Waals surface area (Å²) in [5, 5.41) is 9.97. The van der Waals surface area contributed by atoms with Gasteiger partial charge in [-0.2, -0.15) is 0 Å². The number of carbonyl (C=O) groups excluding carboxylic acids is 1. The zero-order chi connectivity index (χ0) is 61.5. The number of rotatable bonds is 17. The van der Waals surface area contributed by atoms with Gasteiger partial charge in [0.2, 0.25) is 0 Å². The van der Waals surface area contributed by atoms with Crippen molar-refractivity contribution >= 4 is 78.3 Å². The number of amides is 1. The van der Waals surface area contributed by atoms with Gasteiger partial charge in [-0.1, -0.05) is 103 Å². The molecule has 1 amide bonds. The Morgan fingerprint density at radius 2 is 0.807 bits per heavy atom. The van der Waals surface area contributed by atoms with Crippen LogP contribution in [-0.2, 0) is 85.3 Å². The molecule has 8 rings (SSSR count). The highest BCUT2D eigenvalue weighted by atomic mass is 32.2. The molecule has 0 spiro atoms. The first-order valence-electron chi connectivity index (χ1n) is 28.8. The quantitative estimate of drug-likeness (QED) is 0.0960. The molecular weight excluding hydrogens is 1130 g/mol. The van der Waals surface area contributed by atoms with Crippen LogP contribution in [0.1, 0.15) is 164 Å². The monoisotopic (exact) mass is 1220 g/mol. The maximum Gasteiger partial charge on any atom is 0.251 e. The van der Waals surface area contributed by atoms with Gasteiger partial charge in [0, 0.05) is 21.0 Å². The fourth-order valence-corrected chi connectivity index (χ4v) is 14.7. The number of benzene rings is 6. The standard InChI is InChI=1S/C25H35NO3S.C23H28O2S2.C22H26O2S2/c1-17(2)26-24(27)23-15-18(3)14-22(19(23)4)13-12-20-8-10-21(11-9-20)16-30(28,29)25(5,6)7;1-16-14-20(17(2)22-21(16)12-13-26-22)11-10-18-6-8-19(9-7-18)15-27(24,25)23(3,4)5;1-16-19(11-12-20-13-14-25-21(16)20)10-9-17-5-7-18(8-6-17)15-26(23,24)22(2,3)4/h8-11,14-15,17H,12-13,16H2,1-7H3,(H,26,27);6-9,12-14H,10-11,15H2,1-5H3;5-8,11-14H,9-10,15H2,1-4H3. The molecule has 8 nitrogen and oxygen atoms in total. The van der Waals surface area contributed by atoms with Crippen LogP contribution in [0.2, 0.25) is 0 Å². The van der Waals surface area contributed by atoms with Crippen LogP contribution >= 0.6 is 22.7 Å². The Bertz CT molecular complexity index is 3870. The summed E-state index contributed by atoms with van der Waals surface area (Å²) in [5.74, 6) is 0.230. The van der Waals surface area contributed by atoms with E-state index in [1.54, 1.807) is 73.7 Å². The first-order valence-corrected chi connectivity index (χ1v) is 35.5. The third-order valence-electron chi connectivity index (χ3n) is 15.6. The molecule has 0 saturated heterocycles. The maximum absolute atomic E-state index is 12.5. The van der Waals surface area contributed by atoms with Gasteiger partial charge in [-0.25, -0.2) is 25.3 Å². The Morgan fingerprint density at radius 1 is 0.434 bits per heavy atom. The highest BCUT2D eigenvalue weighted by molar-refractivity contribution is 7.92. The Morgan fingerprint density at radius 3 is 1.23 bits per heavy atom. The molecular formula is C70H89NO7S5.